The van der Waals surface area contributed by atoms with E-state index in [0.717, 1.165) is 27.9 Å². The van der Waals surface area contributed by atoms with Gasteiger partial charge < -0.3 is 5.73 Å². The minimum atomic E-state index is 0.457. The Balaban J connectivity index is 2.27. The van der Waals surface area contributed by atoms with Crippen molar-refractivity contribution in [3.8, 4) is 0 Å². The van der Waals surface area contributed by atoms with Crippen molar-refractivity contribution in [2.45, 2.75) is 44.3 Å². The number of thioether (sulfide) groups is 1. The van der Waals surface area contributed by atoms with E-state index >= 15 is 0 Å². The van der Waals surface area contributed by atoms with E-state index in [1.165, 1.54) is 25.0 Å². The van der Waals surface area contributed by atoms with E-state index in [1.54, 1.807) is 0 Å². The van der Waals surface area contributed by atoms with Gasteiger partial charge >= 0.3 is 0 Å². The molecule has 2 heterocycles. The average molecular weight is 363 g/mol. The minimum Gasteiger partial charge on any atom is -0.383 e. The van der Waals surface area contributed by atoms with Crippen molar-refractivity contribution in [1.82, 2.24) is 9.97 Å². The molecule has 1 aromatic rings. The molecule has 0 amide bonds. The Hall–Kier alpha value is -0.0400. The number of aromatic nitrogens is 2. The Labute approximate surface area is 121 Å². The third-order valence-electron chi connectivity index (χ3n) is 2.92. The van der Waals surface area contributed by atoms with Gasteiger partial charge in [-0.3, -0.25) is 0 Å². The highest BCUT2D eigenvalue weighted by molar-refractivity contribution is 14.1. The second-order valence-electron chi connectivity index (χ2n) is 4.33. The molecule has 1 fully saturated rings. The SMILES string of the molecule is CCCc1nc(C2CCCCS2)nc(N)c1I. The zero-order valence-electron chi connectivity index (χ0n) is 10.1. The van der Waals surface area contributed by atoms with Gasteiger partial charge in [0.05, 0.1) is 14.5 Å². The molecule has 0 aromatic carbocycles. The highest BCUT2D eigenvalue weighted by atomic mass is 127. The summed E-state index contributed by atoms with van der Waals surface area (Å²) in [6.45, 7) is 2.17. The van der Waals surface area contributed by atoms with Gasteiger partial charge in [-0.25, -0.2) is 9.97 Å². The molecule has 0 saturated carbocycles. The van der Waals surface area contributed by atoms with E-state index in [0.29, 0.717) is 11.1 Å². The second kappa shape index (κ2) is 6.22. The predicted octanol–water partition coefficient (Wildman–Crippen LogP) is 3.57. The summed E-state index contributed by atoms with van der Waals surface area (Å²) in [7, 11) is 0. The fourth-order valence-corrected chi connectivity index (χ4v) is 3.78. The number of rotatable bonds is 3. The van der Waals surface area contributed by atoms with Gasteiger partial charge in [0.25, 0.3) is 0 Å². The number of anilines is 1. The number of aryl methyl sites for hydroxylation is 1. The lowest BCUT2D eigenvalue weighted by molar-refractivity contribution is 0.657. The fourth-order valence-electron chi connectivity index (χ4n) is 2.02. The lowest BCUT2D eigenvalue weighted by Crippen LogP contribution is -2.12. The molecule has 0 radical (unpaired) electrons. The molecule has 0 spiro atoms. The van der Waals surface area contributed by atoms with Crippen molar-refractivity contribution < 1.29 is 0 Å². The first-order valence-electron chi connectivity index (χ1n) is 6.15. The van der Waals surface area contributed by atoms with Crippen molar-refractivity contribution in [2.24, 2.45) is 0 Å². The molecule has 2 N–H and O–H groups in total. The molecule has 0 aliphatic carbocycles. The largest absolute Gasteiger partial charge is 0.383 e. The van der Waals surface area contributed by atoms with Crippen LogP contribution in [0.3, 0.4) is 0 Å². The number of hydrogen-bond acceptors (Lipinski definition) is 4. The summed E-state index contributed by atoms with van der Waals surface area (Å²) in [5.41, 5.74) is 7.12. The Morgan fingerprint density at radius 1 is 1.41 bits per heavy atom. The van der Waals surface area contributed by atoms with Crippen molar-refractivity contribution in [2.75, 3.05) is 11.5 Å². The number of hydrogen-bond donors (Lipinski definition) is 1. The summed E-state index contributed by atoms with van der Waals surface area (Å²) < 4.78 is 1.04. The molecule has 17 heavy (non-hydrogen) atoms. The number of halogens is 1. The maximum Gasteiger partial charge on any atom is 0.144 e. The molecule has 3 nitrogen and oxygen atoms in total. The molecule has 1 saturated heterocycles. The molecule has 1 unspecified atom stereocenters. The molecule has 2 rings (SSSR count). The van der Waals surface area contributed by atoms with Crippen LogP contribution in [0.15, 0.2) is 0 Å². The maximum atomic E-state index is 5.99. The molecular weight excluding hydrogens is 345 g/mol. The van der Waals surface area contributed by atoms with Gasteiger partial charge in [0.1, 0.15) is 11.6 Å². The van der Waals surface area contributed by atoms with Crippen molar-refractivity contribution in [1.29, 1.82) is 0 Å². The standard InChI is InChI=1S/C12H18IN3S/c1-2-5-8-10(13)11(14)16-12(15-8)9-6-3-4-7-17-9/h9H,2-7H2,1H3,(H2,14,15,16). The second-order valence-corrected chi connectivity index (χ2v) is 6.72. The molecule has 1 aliphatic heterocycles. The lowest BCUT2D eigenvalue weighted by Gasteiger charge is -2.21. The van der Waals surface area contributed by atoms with Crippen LogP contribution >= 0.6 is 34.4 Å². The summed E-state index contributed by atoms with van der Waals surface area (Å²) in [6, 6.07) is 0. The highest BCUT2D eigenvalue weighted by Gasteiger charge is 2.21. The van der Waals surface area contributed by atoms with Gasteiger partial charge in [-0.2, -0.15) is 11.8 Å². The van der Waals surface area contributed by atoms with Crippen LogP contribution in [0.4, 0.5) is 5.82 Å². The van der Waals surface area contributed by atoms with Crippen molar-refractivity contribution in [3.63, 3.8) is 0 Å². The minimum absolute atomic E-state index is 0.457. The predicted molar refractivity (Wildman–Crippen MR) is 82.2 cm³/mol. The van der Waals surface area contributed by atoms with Crippen LogP contribution in [0.25, 0.3) is 0 Å². The normalized spacial score (nSPS) is 20.5. The Kier molecular flexibility index (Phi) is 4.90. The van der Waals surface area contributed by atoms with Crippen LogP contribution in [-0.4, -0.2) is 15.7 Å². The van der Waals surface area contributed by atoms with Crippen LogP contribution in [0.5, 0.6) is 0 Å². The van der Waals surface area contributed by atoms with Crippen LogP contribution in [-0.2, 0) is 6.42 Å². The van der Waals surface area contributed by atoms with E-state index in [4.69, 9.17) is 10.7 Å². The Morgan fingerprint density at radius 3 is 2.88 bits per heavy atom. The summed E-state index contributed by atoms with van der Waals surface area (Å²) in [4.78, 5) is 9.20. The van der Waals surface area contributed by atoms with E-state index in [1.807, 2.05) is 11.8 Å². The topological polar surface area (TPSA) is 51.8 Å². The number of nitrogens with zero attached hydrogens (tertiary/aromatic N) is 2. The molecule has 1 aromatic heterocycles. The lowest BCUT2D eigenvalue weighted by atomic mass is 10.1. The number of nitrogens with two attached hydrogens (primary N) is 1. The third kappa shape index (κ3) is 3.24. The fraction of sp³-hybridized carbons (Fsp3) is 0.667. The van der Waals surface area contributed by atoms with E-state index in [-0.39, 0.29) is 0 Å². The zero-order chi connectivity index (χ0) is 12.3. The Bertz CT molecular complexity index is 392. The van der Waals surface area contributed by atoms with Gasteiger partial charge in [0.15, 0.2) is 0 Å². The van der Waals surface area contributed by atoms with Crippen LogP contribution in [0.2, 0.25) is 0 Å². The Morgan fingerprint density at radius 2 is 2.24 bits per heavy atom. The van der Waals surface area contributed by atoms with Crippen LogP contribution in [0, 0.1) is 3.57 Å². The summed E-state index contributed by atoms with van der Waals surface area (Å²) >= 11 is 4.23. The number of nitrogen functional groups attached to an aromatic ring is 1. The molecular formula is C12H18IN3S. The summed E-state index contributed by atoms with van der Waals surface area (Å²) in [5.74, 6) is 2.84. The van der Waals surface area contributed by atoms with Gasteiger partial charge in [-0.1, -0.05) is 19.8 Å². The van der Waals surface area contributed by atoms with Crippen LogP contribution < -0.4 is 5.73 Å². The zero-order valence-corrected chi connectivity index (χ0v) is 13.1. The summed E-state index contributed by atoms with van der Waals surface area (Å²) in [5, 5.41) is 0.457. The third-order valence-corrected chi connectivity index (χ3v) is 5.47. The van der Waals surface area contributed by atoms with E-state index in [9.17, 15) is 0 Å². The first-order valence-corrected chi connectivity index (χ1v) is 8.28. The van der Waals surface area contributed by atoms with E-state index in [2.05, 4.69) is 34.5 Å². The monoisotopic (exact) mass is 363 g/mol. The smallest absolute Gasteiger partial charge is 0.144 e. The van der Waals surface area contributed by atoms with Gasteiger partial charge in [-0.05, 0) is 47.6 Å². The summed E-state index contributed by atoms with van der Waals surface area (Å²) in [6.07, 6.45) is 5.90. The van der Waals surface area contributed by atoms with Crippen molar-refractivity contribution in [3.05, 3.63) is 15.1 Å². The molecule has 1 aliphatic rings. The quantitative estimate of drug-likeness (QED) is 0.835. The maximum absolute atomic E-state index is 5.99. The van der Waals surface area contributed by atoms with Gasteiger partial charge in [-0.15, -0.1) is 0 Å². The van der Waals surface area contributed by atoms with E-state index < -0.39 is 0 Å². The molecule has 5 heteroatoms. The molecule has 0 bridgehead atoms. The van der Waals surface area contributed by atoms with Gasteiger partial charge in [0, 0.05) is 0 Å². The first-order chi connectivity index (χ1) is 8.22. The molecule has 94 valence electrons. The van der Waals surface area contributed by atoms with Crippen molar-refractivity contribution >= 4 is 40.2 Å². The van der Waals surface area contributed by atoms with Crippen LogP contribution in [0.1, 0.15) is 49.4 Å². The highest BCUT2D eigenvalue weighted by Crippen LogP contribution is 2.37. The first kappa shape index (κ1) is 13.4. The average Bonchev–Trinajstić information content (AvgIpc) is 2.36. The molecule has 1 atom stereocenters. The van der Waals surface area contributed by atoms with Gasteiger partial charge in [0.2, 0.25) is 0 Å².